The summed E-state index contributed by atoms with van der Waals surface area (Å²) in [6, 6.07) is 9.11. The summed E-state index contributed by atoms with van der Waals surface area (Å²) in [5.41, 5.74) is 6.70. The Bertz CT molecular complexity index is 479. The van der Waals surface area contributed by atoms with Crippen LogP contribution in [0.25, 0.3) is 0 Å². The normalized spacial score (nSPS) is 19.7. The highest BCUT2D eigenvalue weighted by molar-refractivity contribution is 5.96. The van der Waals surface area contributed by atoms with Crippen LogP contribution < -0.4 is 10.6 Å². The highest BCUT2D eigenvalue weighted by Crippen LogP contribution is 2.25. The number of nitriles is 1. The van der Waals surface area contributed by atoms with E-state index in [-0.39, 0.29) is 18.6 Å². The maximum Gasteiger partial charge on any atom is 0.253 e. The molecule has 1 aromatic carbocycles. The summed E-state index contributed by atoms with van der Waals surface area (Å²) in [4.78, 5) is 13.6. The van der Waals surface area contributed by atoms with Crippen LogP contribution in [-0.2, 0) is 9.53 Å². The second-order valence-corrected chi connectivity index (χ2v) is 4.14. The van der Waals surface area contributed by atoms with E-state index in [0.717, 1.165) is 0 Å². The molecule has 1 heterocycles. The van der Waals surface area contributed by atoms with Crippen LogP contribution in [0.5, 0.6) is 0 Å². The second-order valence-electron chi connectivity index (χ2n) is 4.14. The van der Waals surface area contributed by atoms with E-state index in [9.17, 15) is 4.79 Å². The van der Waals surface area contributed by atoms with Gasteiger partial charge in [-0.05, 0) is 25.1 Å². The smallest absolute Gasteiger partial charge is 0.253 e. The van der Waals surface area contributed by atoms with E-state index in [1.807, 2.05) is 6.07 Å². The molecule has 0 bridgehead atoms. The number of nitrogens with two attached hydrogens (primary N) is 1. The van der Waals surface area contributed by atoms with Gasteiger partial charge in [0.2, 0.25) is 0 Å². The van der Waals surface area contributed by atoms with Crippen LogP contribution in [0.3, 0.4) is 0 Å². The number of nitrogens with zero attached hydrogens (tertiary/aromatic N) is 2. The quantitative estimate of drug-likeness (QED) is 0.847. The molecule has 1 aliphatic rings. The fraction of sp³-hybridized carbons (Fsp3) is 0.385. The van der Waals surface area contributed by atoms with Crippen LogP contribution in [0.1, 0.15) is 12.0 Å². The monoisotopic (exact) mass is 245 g/mol. The summed E-state index contributed by atoms with van der Waals surface area (Å²) in [6.07, 6.45) is 0.658. The molecule has 1 aromatic rings. The predicted molar refractivity (Wildman–Crippen MR) is 66.9 cm³/mol. The zero-order valence-corrected chi connectivity index (χ0v) is 10.0. The molecule has 2 rings (SSSR count). The SMILES string of the molecule is N#Cc1ccccc1N1C(=O)COCC1CCN. The van der Waals surface area contributed by atoms with Crippen LogP contribution in [-0.4, -0.2) is 31.7 Å². The fourth-order valence-corrected chi connectivity index (χ4v) is 2.14. The summed E-state index contributed by atoms with van der Waals surface area (Å²) >= 11 is 0. The average Bonchev–Trinajstić information content (AvgIpc) is 2.39. The predicted octanol–water partition coefficient (Wildman–Crippen LogP) is 0.639. The first-order chi connectivity index (χ1) is 8.77. The van der Waals surface area contributed by atoms with Gasteiger partial charge in [-0.25, -0.2) is 0 Å². The highest BCUT2D eigenvalue weighted by Gasteiger charge is 2.30. The molecule has 0 saturated carbocycles. The molecule has 5 heteroatoms. The zero-order valence-electron chi connectivity index (χ0n) is 10.0. The van der Waals surface area contributed by atoms with Crippen molar-refractivity contribution in [1.29, 1.82) is 5.26 Å². The Kier molecular flexibility index (Phi) is 3.92. The van der Waals surface area contributed by atoms with Crippen molar-refractivity contribution in [3.05, 3.63) is 29.8 Å². The third kappa shape index (κ3) is 2.35. The van der Waals surface area contributed by atoms with Crippen LogP contribution in [0.4, 0.5) is 5.69 Å². The number of hydrogen-bond acceptors (Lipinski definition) is 4. The molecule has 1 unspecified atom stereocenters. The van der Waals surface area contributed by atoms with Crippen molar-refractivity contribution in [3.8, 4) is 6.07 Å². The lowest BCUT2D eigenvalue weighted by atomic mass is 10.1. The highest BCUT2D eigenvalue weighted by atomic mass is 16.5. The molecule has 1 amide bonds. The van der Waals surface area contributed by atoms with Gasteiger partial charge in [0, 0.05) is 0 Å². The molecule has 1 saturated heterocycles. The summed E-state index contributed by atoms with van der Waals surface area (Å²) < 4.78 is 5.24. The van der Waals surface area contributed by atoms with Gasteiger partial charge in [-0.3, -0.25) is 4.79 Å². The topological polar surface area (TPSA) is 79.3 Å². The Labute approximate surface area is 106 Å². The maximum atomic E-state index is 12.0. The lowest BCUT2D eigenvalue weighted by Crippen LogP contribution is -2.50. The zero-order chi connectivity index (χ0) is 13.0. The van der Waals surface area contributed by atoms with Gasteiger partial charge in [0.1, 0.15) is 12.7 Å². The standard InChI is InChI=1S/C13H15N3O2/c14-6-5-11-8-18-9-13(17)16(11)12-4-2-1-3-10(12)7-15/h1-4,11H,5-6,8-9,14H2. The van der Waals surface area contributed by atoms with Gasteiger partial charge in [-0.15, -0.1) is 0 Å². The van der Waals surface area contributed by atoms with Crippen molar-refractivity contribution in [2.45, 2.75) is 12.5 Å². The molecule has 1 aliphatic heterocycles. The van der Waals surface area contributed by atoms with E-state index < -0.39 is 0 Å². The van der Waals surface area contributed by atoms with Gasteiger partial charge in [0.15, 0.2) is 0 Å². The summed E-state index contributed by atoms with van der Waals surface area (Å²) in [7, 11) is 0. The van der Waals surface area contributed by atoms with E-state index in [4.69, 9.17) is 15.7 Å². The number of carbonyl (C=O) groups is 1. The van der Waals surface area contributed by atoms with Gasteiger partial charge in [-0.2, -0.15) is 5.26 Å². The van der Waals surface area contributed by atoms with Crippen molar-refractivity contribution in [1.82, 2.24) is 0 Å². The van der Waals surface area contributed by atoms with Gasteiger partial charge in [0.25, 0.3) is 5.91 Å². The van der Waals surface area contributed by atoms with Crippen molar-refractivity contribution in [2.75, 3.05) is 24.7 Å². The Morgan fingerprint density at radius 3 is 3.00 bits per heavy atom. The molecular formula is C13H15N3O2. The molecule has 2 N–H and O–H groups in total. The lowest BCUT2D eigenvalue weighted by molar-refractivity contribution is -0.127. The third-order valence-corrected chi connectivity index (χ3v) is 2.95. The summed E-state index contributed by atoms with van der Waals surface area (Å²) in [6.45, 7) is 0.996. The Balaban J connectivity index is 2.38. The summed E-state index contributed by atoms with van der Waals surface area (Å²) in [5, 5.41) is 9.11. The number of anilines is 1. The molecule has 1 fully saturated rings. The first kappa shape index (κ1) is 12.6. The number of morpholine rings is 1. The molecule has 18 heavy (non-hydrogen) atoms. The van der Waals surface area contributed by atoms with Gasteiger partial charge < -0.3 is 15.4 Å². The Morgan fingerprint density at radius 1 is 1.50 bits per heavy atom. The van der Waals surface area contributed by atoms with Crippen LogP contribution in [0.15, 0.2) is 24.3 Å². The first-order valence-electron chi connectivity index (χ1n) is 5.87. The van der Waals surface area contributed by atoms with Crippen molar-refractivity contribution >= 4 is 11.6 Å². The van der Waals surface area contributed by atoms with E-state index in [0.29, 0.717) is 30.8 Å². The Hall–Kier alpha value is -1.90. The number of hydrogen-bond donors (Lipinski definition) is 1. The van der Waals surface area contributed by atoms with Crippen molar-refractivity contribution in [3.63, 3.8) is 0 Å². The van der Waals surface area contributed by atoms with E-state index in [2.05, 4.69) is 6.07 Å². The van der Waals surface area contributed by atoms with Crippen LogP contribution in [0, 0.1) is 11.3 Å². The average molecular weight is 245 g/mol. The molecule has 0 aromatic heterocycles. The molecule has 5 nitrogen and oxygen atoms in total. The second kappa shape index (κ2) is 5.63. The van der Waals surface area contributed by atoms with Crippen molar-refractivity contribution in [2.24, 2.45) is 5.73 Å². The Morgan fingerprint density at radius 2 is 2.28 bits per heavy atom. The number of amides is 1. The van der Waals surface area contributed by atoms with Gasteiger partial charge >= 0.3 is 0 Å². The maximum absolute atomic E-state index is 12.0. The molecule has 0 radical (unpaired) electrons. The minimum atomic E-state index is -0.123. The van der Waals surface area contributed by atoms with Crippen LogP contribution >= 0.6 is 0 Å². The minimum Gasteiger partial charge on any atom is -0.369 e. The number of ether oxygens (including phenoxy) is 1. The van der Waals surface area contributed by atoms with Gasteiger partial charge in [0.05, 0.1) is 23.9 Å². The number of para-hydroxylation sites is 1. The van der Waals surface area contributed by atoms with E-state index in [1.54, 1.807) is 23.1 Å². The fourth-order valence-electron chi connectivity index (χ4n) is 2.14. The number of rotatable bonds is 3. The molecule has 1 atom stereocenters. The van der Waals surface area contributed by atoms with E-state index in [1.165, 1.54) is 0 Å². The molecule has 0 spiro atoms. The van der Waals surface area contributed by atoms with Crippen molar-refractivity contribution < 1.29 is 9.53 Å². The van der Waals surface area contributed by atoms with E-state index >= 15 is 0 Å². The van der Waals surface area contributed by atoms with Crippen LogP contribution in [0.2, 0.25) is 0 Å². The third-order valence-electron chi connectivity index (χ3n) is 2.95. The minimum absolute atomic E-state index is 0.0564. The summed E-state index contributed by atoms with van der Waals surface area (Å²) in [5.74, 6) is -0.123. The number of benzene rings is 1. The van der Waals surface area contributed by atoms with Gasteiger partial charge in [-0.1, -0.05) is 12.1 Å². The lowest BCUT2D eigenvalue weighted by Gasteiger charge is -2.35. The first-order valence-corrected chi connectivity index (χ1v) is 5.87. The molecule has 94 valence electrons. The number of carbonyl (C=O) groups excluding carboxylic acids is 1. The molecule has 0 aliphatic carbocycles. The largest absolute Gasteiger partial charge is 0.369 e. The molecular weight excluding hydrogens is 230 g/mol.